The summed E-state index contributed by atoms with van der Waals surface area (Å²) in [5, 5.41) is 27.5. The molecule has 0 fully saturated rings. The number of rotatable bonds is 13. The van der Waals surface area contributed by atoms with Gasteiger partial charge in [0.05, 0.1) is 0 Å². The van der Waals surface area contributed by atoms with Crippen molar-refractivity contribution in [2.45, 2.75) is 83.5 Å². The van der Waals surface area contributed by atoms with E-state index in [2.05, 4.69) is 4.74 Å². The molecule has 0 amide bonds. The Bertz CT molecular complexity index is 301. The van der Waals surface area contributed by atoms with E-state index >= 15 is 0 Å². The van der Waals surface area contributed by atoms with Crippen LogP contribution in [0.4, 0.5) is 0 Å². The summed E-state index contributed by atoms with van der Waals surface area (Å²) in [6, 6.07) is 0. The smallest absolute Gasteiger partial charge is 0.324 e. The fourth-order valence-corrected chi connectivity index (χ4v) is 1.97. The van der Waals surface area contributed by atoms with Crippen LogP contribution in [0.2, 0.25) is 0 Å². The molecule has 0 radical (unpaired) electrons. The Hall–Kier alpha value is -1.14. The molecule has 6 heteroatoms. The van der Waals surface area contributed by atoms with Gasteiger partial charge in [0.25, 0.3) is 0 Å². The van der Waals surface area contributed by atoms with E-state index in [0.29, 0.717) is 19.3 Å². The molecule has 0 unspecified atom stereocenters. The largest absolute Gasteiger partial charge is 0.481 e. The summed E-state index contributed by atoms with van der Waals surface area (Å²) in [7, 11) is 0. The highest BCUT2D eigenvalue weighted by Crippen LogP contribution is 2.15. The Balaban J connectivity index is 3.58. The second-order valence-corrected chi connectivity index (χ2v) is 5.34. The van der Waals surface area contributed by atoms with Gasteiger partial charge in [0, 0.05) is 19.3 Å². The van der Waals surface area contributed by atoms with Crippen molar-refractivity contribution in [2.24, 2.45) is 0 Å². The van der Waals surface area contributed by atoms with Crippen molar-refractivity contribution in [2.75, 3.05) is 0 Å². The molecule has 0 spiro atoms. The number of carbonyl (C=O) groups is 2. The fourth-order valence-electron chi connectivity index (χ4n) is 1.97. The second-order valence-electron chi connectivity index (χ2n) is 5.34. The number of hydrogen-bond acceptors (Lipinski definition) is 5. The van der Waals surface area contributed by atoms with Crippen LogP contribution in [-0.4, -0.2) is 33.2 Å². The summed E-state index contributed by atoms with van der Waals surface area (Å²) in [5.74, 6) is -3.75. The lowest BCUT2D eigenvalue weighted by Crippen LogP contribution is -2.34. The minimum absolute atomic E-state index is 0.0295. The molecule has 21 heavy (non-hydrogen) atoms. The summed E-state index contributed by atoms with van der Waals surface area (Å²) in [6.07, 6.45) is 6.50. The molecule has 3 N–H and O–H groups in total. The summed E-state index contributed by atoms with van der Waals surface area (Å²) in [5.41, 5.74) is 0. The maximum absolute atomic E-state index is 11.4. The Morgan fingerprint density at radius 3 is 2.05 bits per heavy atom. The van der Waals surface area contributed by atoms with Crippen LogP contribution in [-0.2, 0) is 14.3 Å². The number of aliphatic hydroxyl groups is 2. The molecule has 6 nitrogen and oxygen atoms in total. The van der Waals surface area contributed by atoms with Crippen LogP contribution in [0.3, 0.4) is 0 Å². The first kappa shape index (κ1) is 19.9. The number of ether oxygens (including phenoxy) is 1. The van der Waals surface area contributed by atoms with Gasteiger partial charge < -0.3 is 20.1 Å². The lowest BCUT2D eigenvalue weighted by atomic mass is 10.1. The third-order valence-electron chi connectivity index (χ3n) is 3.15. The first-order chi connectivity index (χ1) is 9.87. The first-order valence-corrected chi connectivity index (χ1v) is 7.76. The average Bonchev–Trinajstić information content (AvgIpc) is 2.36. The van der Waals surface area contributed by atoms with Crippen LogP contribution in [0.15, 0.2) is 0 Å². The average molecular weight is 304 g/mol. The number of unbranched alkanes of at least 4 members (excludes halogenated alkanes) is 6. The van der Waals surface area contributed by atoms with Gasteiger partial charge in [0.1, 0.15) is 0 Å². The molecule has 0 atom stereocenters. The number of esters is 1. The summed E-state index contributed by atoms with van der Waals surface area (Å²) in [4.78, 5) is 21.7. The number of carbonyl (C=O) groups excluding carboxylic acids is 1. The molecule has 0 aliphatic carbocycles. The highest BCUT2D eigenvalue weighted by atomic mass is 16.8. The minimum atomic E-state index is -2.35. The highest BCUT2D eigenvalue weighted by Gasteiger charge is 2.27. The zero-order chi connectivity index (χ0) is 16.1. The van der Waals surface area contributed by atoms with Crippen LogP contribution >= 0.6 is 0 Å². The van der Waals surface area contributed by atoms with E-state index in [-0.39, 0.29) is 19.3 Å². The van der Waals surface area contributed by atoms with Gasteiger partial charge in [0.2, 0.25) is 0 Å². The number of carboxylic acids is 1. The number of hydrogen-bond donors (Lipinski definition) is 3. The van der Waals surface area contributed by atoms with E-state index in [4.69, 9.17) is 5.11 Å². The first-order valence-electron chi connectivity index (χ1n) is 7.76. The van der Waals surface area contributed by atoms with Gasteiger partial charge >= 0.3 is 17.9 Å². The van der Waals surface area contributed by atoms with E-state index < -0.39 is 17.9 Å². The van der Waals surface area contributed by atoms with Crippen LogP contribution in [0.5, 0.6) is 0 Å². The Morgan fingerprint density at radius 2 is 1.48 bits per heavy atom. The van der Waals surface area contributed by atoms with Gasteiger partial charge in [-0.1, -0.05) is 39.0 Å². The number of aliphatic carboxylic acids is 1. The Morgan fingerprint density at radius 1 is 0.905 bits per heavy atom. The van der Waals surface area contributed by atoms with E-state index in [1.54, 1.807) is 0 Å². The van der Waals surface area contributed by atoms with Crippen molar-refractivity contribution >= 4 is 11.9 Å². The lowest BCUT2D eigenvalue weighted by molar-refractivity contribution is -0.322. The van der Waals surface area contributed by atoms with Gasteiger partial charge in [-0.25, -0.2) is 0 Å². The Kier molecular flexibility index (Phi) is 10.9. The zero-order valence-corrected chi connectivity index (χ0v) is 12.8. The van der Waals surface area contributed by atoms with Crippen LogP contribution in [0.1, 0.15) is 77.6 Å². The monoisotopic (exact) mass is 304 g/mol. The van der Waals surface area contributed by atoms with E-state index in [0.717, 1.165) is 32.1 Å². The van der Waals surface area contributed by atoms with Gasteiger partial charge in [-0.3, -0.25) is 9.59 Å². The topological polar surface area (TPSA) is 104 Å². The van der Waals surface area contributed by atoms with Crippen molar-refractivity contribution < 1.29 is 29.6 Å². The molecule has 0 aromatic heterocycles. The molecule has 0 heterocycles. The van der Waals surface area contributed by atoms with Crippen LogP contribution in [0, 0.1) is 0 Å². The summed E-state index contributed by atoms with van der Waals surface area (Å²) >= 11 is 0. The van der Waals surface area contributed by atoms with Crippen molar-refractivity contribution in [3.8, 4) is 0 Å². The SMILES string of the molecule is CCCCCC(O)(O)OC(=O)CCCCCCCC(=O)O. The molecule has 0 aliphatic heterocycles. The standard InChI is InChI=1S/C15H28O6/c1-2-3-9-12-15(19,20)21-14(18)11-8-6-4-5-7-10-13(16)17/h19-20H,2-12H2,1H3,(H,16,17). The lowest BCUT2D eigenvalue weighted by Gasteiger charge is -2.21. The Labute approximate surface area is 126 Å². The molecular formula is C15H28O6. The predicted octanol–water partition coefficient (Wildman–Crippen LogP) is 2.56. The minimum Gasteiger partial charge on any atom is -0.481 e. The van der Waals surface area contributed by atoms with Crippen LogP contribution < -0.4 is 0 Å². The van der Waals surface area contributed by atoms with Crippen molar-refractivity contribution in [1.29, 1.82) is 0 Å². The summed E-state index contributed by atoms with van der Waals surface area (Å²) in [6.45, 7) is 2.00. The zero-order valence-electron chi connectivity index (χ0n) is 12.8. The molecule has 0 aliphatic rings. The fraction of sp³-hybridized carbons (Fsp3) is 0.867. The normalized spacial score (nSPS) is 11.4. The third kappa shape index (κ3) is 13.6. The molecule has 124 valence electrons. The van der Waals surface area contributed by atoms with Gasteiger partial charge in [0.15, 0.2) is 0 Å². The van der Waals surface area contributed by atoms with Crippen LogP contribution in [0.25, 0.3) is 0 Å². The summed E-state index contributed by atoms with van der Waals surface area (Å²) < 4.78 is 4.64. The maximum Gasteiger partial charge on any atom is 0.324 e. The van der Waals surface area contributed by atoms with E-state index in [1.807, 2.05) is 6.92 Å². The molecule has 0 aromatic rings. The number of carboxylic acid groups (broad SMARTS) is 1. The third-order valence-corrected chi connectivity index (χ3v) is 3.15. The van der Waals surface area contributed by atoms with Crippen molar-refractivity contribution in [3.63, 3.8) is 0 Å². The van der Waals surface area contributed by atoms with Gasteiger partial charge in [-0.05, 0) is 19.3 Å². The van der Waals surface area contributed by atoms with Crippen molar-refractivity contribution in [1.82, 2.24) is 0 Å². The highest BCUT2D eigenvalue weighted by molar-refractivity contribution is 5.69. The van der Waals surface area contributed by atoms with Crippen molar-refractivity contribution in [3.05, 3.63) is 0 Å². The van der Waals surface area contributed by atoms with E-state index in [1.165, 1.54) is 0 Å². The molecular weight excluding hydrogens is 276 g/mol. The van der Waals surface area contributed by atoms with Gasteiger partial charge in [-0.2, -0.15) is 0 Å². The molecule has 0 bridgehead atoms. The molecule has 0 rings (SSSR count). The van der Waals surface area contributed by atoms with E-state index in [9.17, 15) is 19.8 Å². The molecule has 0 saturated heterocycles. The van der Waals surface area contributed by atoms with Gasteiger partial charge in [-0.15, -0.1) is 0 Å². The molecule has 0 aromatic carbocycles. The quantitative estimate of drug-likeness (QED) is 0.274. The predicted molar refractivity (Wildman–Crippen MR) is 77.4 cm³/mol. The second kappa shape index (κ2) is 11.5. The molecule has 0 saturated carbocycles. The maximum atomic E-state index is 11.4.